The molecule has 0 heterocycles. The maximum Gasteiger partial charge on any atom is 0.231 e. The van der Waals surface area contributed by atoms with Crippen molar-refractivity contribution in [2.24, 2.45) is 0 Å². The van der Waals surface area contributed by atoms with Gasteiger partial charge in [0.25, 0.3) is 0 Å². The Hall–Kier alpha value is -0.0100. The van der Waals surface area contributed by atoms with Crippen LogP contribution >= 0.6 is 0 Å². The molecule has 5 nitrogen and oxygen atoms in total. The molecule has 0 aliphatic heterocycles. The number of nitrogens with one attached hydrogen (secondary N) is 1. The highest BCUT2D eigenvalue weighted by Gasteiger charge is 2.04. The summed E-state index contributed by atoms with van der Waals surface area (Å²) in [7, 11) is 2.91. The first-order chi connectivity index (χ1) is 4.70. The van der Waals surface area contributed by atoms with E-state index in [0.717, 1.165) is 0 Å². The molecular formula is C4H11NO4S. The van der Waals surface area contributed by atoms with Gasteiger partial charge in [-0.25, -0.2) is 8.93 Å². The molecule has 0 aromatic heterocycles. The second-order valence-electron chi connectivity index (χ2n) is 1.50. The van der Waals surface area contributed by atoms with Crippen LogP contribution in [0, 0.1) is 0 Å². The molecule has 0 fully saturated rings. The van der Waals surface area contributed by atoms with Gasteiger partial charge in [-0.3, -0.25) is 4.55 Å². The normalized spacial score (nSPS) is 14.0. The Kier molecular flexibility index (Phi) is 5.74. The van der Waals surface area contributed by atoms with E-state index in [1.165, 1.54) is 14.2 Å². The molecule has 0 rings (SSSR count). The molecule has 0 saturated carbocycles. The van der Waals surface area contributed by atoms with Crippen LogP contribution in [0.25, 0.3) is 0 Å². The van der Waals surface area contributed by atoms with Crippen LogP contribution in [0.5, 0.6) is 0 Å². The number of rotatable bonds is 5. The monoisotopic (exact) mass is 169 g/mol. The van der Waals surface area contributed by atoms with Gasteiger partial charge in [-0.15, -0.1) is 0 Å². The highest BCUT2D eigenvalue weighted by Crippen LogP contribution is 1.86. The van der Waals surface area contributed by atoms with Crippen molar-refractivity contribution >= 4 is 11.3 Å². The lowest BCUT2D eigenvalue weighted by atomic mass is 10.6. The standard InChI is InChI=1S/C4H11NO4S/c1-8-4(9-2)3-5-10(6)7/h4-5H,3H2,1-2H3,(H,6,7). The third-order valence-corrected chi connectivity index (χ3v) is 1.31. The molecule has 0 aromatic carbocycles. The third-order valence-electron chi connectivity index (χ3n) is 0.899. The highest BCUT2D eigenvalue weighted by atomic mass is 32.2. The van der Waals surface area contributed by atoms with Crippen LogP contribution in [0.1, 0.15) is 0 Å². The first-order valence-electron chi connectivity index (χ1n) is 2.60. The van der Waals surface area contributed by atoms with Crippen molar-refractivity contribution in [3.05, 3.63) is 0 Å². The van der Waals surface area contributed by atoms with Gasteiger partial charge in [0.05, 0.1) is 6.54 Å². The van der Waals surface area contributed by atoms with Crippen molar-refractivity contribution < 1.29 is 18.2 Å². The Morgan fingerprint density at radius 2 is 2.10 bits per heavy atom. The molecule has 0 spiro atoms. The Balaban J connectivity index is 3.34. The maximum atomic E-state index is 10.0. The Bertz CT molecular complexity index is 105. The van der Waals surface area contributed by atoms with Crippen molar-refractivity contribution in [2.45, 2.75) is 6.29 Å². The highest BCUT2D eigenvalue weighted by molar-refractivity contribution is 7.77. The molecule has 1 atom stereocenters. The van der Waals surface area contributed by atoms with Crippen LogP contribution in [0.15, 0.2) is 0 Å². The fourth-order valence-corrected chi connectivity index (χ4v) is 0.681. The zero-order valence-electron chi connectivity index (χ0n) is 5.86. The van der Waals surface area contributed by atoms with E-state index in [9.17, 15) is 4.21 Å². The lowest BCUT2D eigenvalue weighted by Gasteiger charge is -2.11. The molecule has 0 aliphatic carbocycles. The summed E-state index contributed by atoms with van der Waals surface area (Å²) in [4.78, 5) is 0. The zero-order valence-corrected chi connectivity index (χ0v) is 6.68. The van der Waals surface area contributed by atoms with E-state index in [-0.39, 0.29) is 6.54 Å². The number of methoxy groups -OCH3 is 2. The van der Waals surface area contributed by atoms with Gasteiger partial charge in [-0.1, -0.05) is 0 Å². The fourth-order valence-electron chi connectivity index (χ4n) is 0.402. The molecule has 62 valence electrons. The van der Waals surface area contributed by atoms with Gasteiger partial charge in [0.2, 0.25) is 11.3 Å². The first-order valence-corrected chi connectivity index (χ1v) is 3.71. The Labute approximate surface area is 62.1 Å². The van der Waals surface area contributed by atoms with Crippen LogP contribution in [-0.4, -0.2) is 35.8 Å². The van der Waals surface area contributed by atoms with Crippen LogP contribution in [0.2, 0.25) is 0 Å². The minimum Gasteiger partial charge on any atom is -0.355 e. The lowest BCUT2D eigenvalue weighted by molar-refractivity contribution is -0.0961. The van der Waals surface area contributed by atoms with Crippen LogP contribution < -0.4 is 4.72 Å². The van der Waals surface area contributed by atoms with Crippen molar-refractivity contribution in [1.29, 1.82) is 0 Å². The molecule has 0 bridgehead atoms. The van der Waals surface area contributed by atoms with E-state index in [1.807, 2.05) is 0 Å². The average Bonchev–Trinajstić information content (AvgIpc) is 1.90. The van der Waals surface area contributed by atoms with Gasteiger partial charge in [-0.2, -0.15) is 0 Å². The third kappa shape index (κ3) is 4.83. The van der Waals surface area contributed by atoms with Gasteiger partial charge in [-0.05, 0) is 0 Å². The summed E-state index contributed by atoms with van der Waals surface area (Å²) in [6, 6.07) is 0. The Morgan fingerprint density at radius 3 is 2.40 bits per heavy atom. The van der Waals surface area contributed by atoms with Crippen molar-refractivity contribution in [3.63, 3.8) is 0 Å². The molecular weight excluding hydrogens is 158 g/mol. The molecule has 0 radical (unpaired) electrons. The summed E-state index contributed by atoms with van der Waals surface area (Å²) in [5.41, 5.74) is 0. The van der Waals surface area contributed by atoms with E-state index in [0.29, 0.717) is 0 Å². The molecule has 0 amide bonds. The smallest absolute Gasteiger partial charge is 0.231 e. The van der Waals surface area contributed by atoms with E-state index in [1.54, 1.807) is 0 Å². The van der Waals surface area contributed by atoms with E-state index in [2.05, 4.69) is 4.72 Å². The fraction of sp³-hybridized carbons (Fsp3) is 1.00. The number of hydrogen-bond acceptors (Lipinski definition) is 3. The first kappa shape index (κ1) is 9.99. The predicted octanol–water partition coefficient (Wildman–Crippen LogP) is -0.668. The van der Waals surface area contributed by atoms with E-state index < -0.39 is 17.6 Å². The summed E-state index contributed by atoms with van der Waals surface area (Å²) < 4.78 is 29.9. The van der Waals surface area contributed by atoms with Gasteiger partial charge in [0, 0.05) is 14.2 Å². The van der Waals surface area contributed by atoms with Gasteiger partial charge < -0.3 is 9.47 Å². The van der Waals surface area contributed by atoms with Gasteiger partial charge >= 0.3 is 0 Å². The zero-order chi connectivity index (χ0) is 7.98. The molecule has 6 heteroatoms. The number of hydrogen-bond donors (Lipinski definition) is 2. The second-order valence-corrected chi connectivity index (χ2v) is 2.29. The minimum absolute atomic E-state index is 0.191. The maximum absolute atomic E-state index is 10.0. The molecule has 2 N–H and O–H groups in total. The van der Waals surface area contributed by atoms with Gasteiger partial charge in [0.15, 0.2) is 6.29 Å². The minimum atomic E-state index is -2.00. The van der Waals surface area contributed by atoms with E-state index in [4.69, 9.17) is 14.0 Å². The van der Waals surface area contributed by atoms with Crippen molar-refractivity contribution in [1.82, 2.24) is 4.72 Å². The molecule has 1 unspecified atom stereocenters. The van der Waals surface area contributed by atoms with Crippen LogP contribution in [0.4, 0.5) is 0 Å². The SMILES string of the molecule is COC(CNS(=O)O)OC. The molecule has 10 heavy (non-hydrogen) atoms. The van der Waals surface area contributed by atoms with Gasteiger partial charge in [0.1, 0.15) is 0 Å². The molecule has 0 aliphatic rings. The quantitative estimate of drug-likeness (QED) is 0.423. The second kappa shape index (κ2) is 5.75. The van der Waals surface area contributed by atoms with Crippen molar-refractivity contribution in [3.8, 4) is 0 Å². The largest absolute Gasteiger partial charge is 0.355 e. The average molecular weight is 169 g/mol. The summed E-state index contributed by atoms with van der Waals surface area (Å²) in [6.07, 6.45) is -0.476. The van der Waals surface area contributed by atoms with Crippen molar-refractivity contribution in [2.75, 3.05) is 20.8 Å². The lowest BCUT2D eigenvalue weighted by Crippen LogP contribution is -2.30. The summed E-state index contributed by atoms with van der Waals surface area (Å²) in [6.45, 7) is 0.191. The predicted molar refractivity (Wildman–Crippen MR) is 36.6 cm³/mol. The molecule has 0 aromatic rings. The Morgan fingerprint density at radius 1 is 1.60 bits per heavy atom. The topological polar surface area (TPSA) is 67.8 Å². The summed E-state index contributed by atoms with van der Waals surface area (Å²) in [5, 5.41) is 0. The van der Waals surface area contributed by atoms with E-state index >= 15 is 0 Å². The van der Waals surface area contributed by atoms with Crippen LogP contribution in [0.3, 0.4) is 0 Å². The summed E-state index contributed by atoms with van der Waals surface area (Å²) in [5.74, 6) is 0. The van der Waals surface area contributed by atoms with Crippen LogP contribution in [-0.2, 0) is 20.7 Å². The molecule has 0 saturated heterocycles. The summed E-state index contributed by atoms with van der Waals surface area (Å²) >= 11 is -2.00. The number of ether oxygens (including phenoxy) is 2.